The predicted octanol–water partition coefficient (Wildman–Crippen LogP) is 3.28. The summed E-state index contributed by atoms with van der Waals surface area (Å²) in [7, 11) is 1.46. The van der Waals surface area contributed by atoms with E-state index < -0.39 is 18.0 Å². The summed E-state index contributed by atoms with van der Waals surface area (Å²) >= 11 is 6.06. The number of halogens is 1. The maximum absolute atomic E-state index is 12.4. The number of rotatable bonds is 9. The van der Waals surface area contributed by atoms with E-state index in [1.807, 2.05) is 30.3 Å². The van der Waals surface area contributed by atoms with Gasteiger partial charge in [-0.15, -0.1) is 0 Å². The Kier molecular flexibility index (Phi) is 8.68. The van der Waals surface area contributed by atoms with E-state index in [4.69, 9.17) is 21.1 Å². The number of anilines is 1. The molecule has 2 aromatic rings. The Morgan fingerprint density at radius 3 is 2.50 bits per heavy atom. The third-order valence-electron chi connectivity index (χ3n) is 4.27. The summed E-state index contributed by atoms with van der Waals surface area (Å²) in [5, 5.41) is 5.84. The molecule has 0 radical (unpaired) electrons. The molecule has 0 bridgehead atoms. The highest BCUT2D eigenvalue weighted by Gasteiger charge is 2.20. The quantitative estimate of drug-likeness (QED) is 0.593. The van der Waals surface area contributed by atoms with Crippen LogP contribution in [0.5, 0.6) is 5.75 Å². The van der Waals surface area contributed by atoms with Crippen LogP contribution in [0.3, 0.4) is 0 Å². The average molecular weight is 433 g/mol. The zero-order valence-electron chi connectivity index (χ0n) is 17.2. The van der Waals surface area contributed by atoms with Gasteiger partial charge in [0.1, 0.15) is 5.75 Å². The van der Waals surface area contributed by atoms with Crippen molar-refractivity contribution in [3.05, 3.63) is 58.6 Å². The highest BCUT2D eigenvalue weighted by atomic mass is 35.5. The lowest BCUT2D eigenvalue weighted by Gasteiger charge is -2.16. The molecule has 160 valence electrons. The molecule has 0 spiro atoms. The Hall–Kier alpha value is -3.06. The fourth-order valence-electron chi connectivity index (χ4n) is 2.62. The van der Waals surface area contributed by atoms with Crippen LogP contribution in [0.15, 0.2) is 42.5 Å². The van der Waals surface area contributed by atoms with E-state index >= 15 is 0 Å². The molecular weight excluding hydrogens is 408 g/mol. The largest absolute Gasteiger partial charge is 0.495 e. The van der Waals surface area contributed by atoms with Crippen LogP contribution in [0.1, 0.15) is 24.5 Å². The van der Waals surface area contributed by atoms with E-state index in [0.717, 1.165) is 11.1 Å². The highest BCUT2D eigenvalue weighted by Crippen LogP contribution is 2.31. The van der Waals surface area contributed by atoms with Gasteiger partial charge in [-0.2, -0.15) is 0 Å². The van der Waals surface area contributed by atoms with Gasteiger partial charge in [-0.1, -0.05) is 41.9 Å². The maximum atomic E-state index is 12.4. The van der Waals surface area contributed by atoms with E-state index in [1.54, 1.807) is 19.1 Å². The second-order valence-corrected chi connectivity index (χ2v) is 7.09. The zero-order chi connectivity index (χ0) is 22.1. The third kappa shape index (κ3) is 7.08. The van der Waals surface area contributed by atoms with Crippen molar-refractivity contribution in [1.29, 1.82) is 0 Å². The molecule has 30 heavy (non-hydrogen) atoms. The normalized spacial score (nSPS) is 11.3. The monoisotopic (exact) mass is 432 g/mol. The molecule has 2 N–H and O–H groups in total. The summed E-state index contributed by atoms with van der Waals surface area (Å²) < 4.78 is 10.4. The van der Waals surface area contributed by atoms with Gasteiger partial charge in [0.05, 0.1) is 25.6 Å². The van der Waals surface area contributed by atoms with E-state index in [9.17, 15) is 14.4 Å². The zero-order valence-corrected chi connectivity index (χ0v) is 17.9. The summed E-state index contributed by atoms with van der Waals surface area (Å²) in [5.41, 5.74) is 2.08. The number of hydrogen-bond acceptors (Lipinski definition) is 5. The SMILES string of the molecule is COc1cc(Cl)c(C)cc1NC(=O)C(C)OC(=O)CCNC(=O)Cc1ccccc1. The number of hydrogen-bond donors (Lipinski definition) is 2. The smallest absolute Gasteiger partial charge is 0.308 e. The van der Waals surface area contributed by atoms with Crippen LogP contribution >= 0.6 is 11.6 Å². The molecule has 0 aliphatic rings. The standard InChI is InChI=1S/C22H25ClN2O5/c1-14-11-18(19(29-3)13-17(14)23)25-22(28)15(2)30-21(27)9-10-24-20(26)12-16-7-5-4-6-8-16/h4-8,11,13,15H,9-10,12H2,1-3H3,(H,24,26)(H,25,28). The van der Waals surface area contributed by atoms with Gasteiger partial charge in [-0.3, -0.25) is 14.4 Å². The van der Waals surface area contributed by atoms with Crippen LogP contribution in [0.25, 0.3) is 0 Å². The molecule has 7 nitrogen and oxygen atoms in total. The first-order chi connectivity index (χ1) is 14.3. The van der Waals surface area contributed by atoms with Crippen LogP contribution < -0.4 is 15.4 Å². The first kappa shape index (κ1) is 23.2. The first-order valence-corrected chi connectivity index (χ1v) is 9.83. The molecule has 0 saturated carbocycles. The Bertz CT molecular complexity index is 902. The van der Waals surface area contributed by atoms with Crippen LogP contribution in [-0.2, 0) is 25.5 Å². The number of methoxy groups -OCH3 is 1. The molecule has 1 unspecified atom stereocenters. The molecular formula is C22H25ClN2O5. The van der Waals surface area contributed by atoms with E-state index in [2.05, 4.69) is 10.6 Å². The third-order valence-corrected chi connectivity index (χ3v) is 4.68. The Balaban J connectivity index is 1.77. The Labute approximate surface area is 180 Å². The van der Waals surface area contributed by atoms with Crippen LogP contribution in [0.4, 0.5) is 5.69 Å². The molecule has 1 atom stereocenters. The van der Waals surface area contributed by atoms with Gasteiger partial charge in [-0.25, -0.2) is 0 Å². The van der Waals surface area contributed by atoms with Crippen molar-refractivity contribution >= 4 is 35.1 Å². The number of carbonyl (C=O) groups excluding carboxylic acids is 3. The minimum Gasteiger partial charge on any atom is -0.495 e. The highest BCUT2D eigenvalue weighted by molar-refractivity contribution is 6.31. The Morgan fingerprint density at radius 2 is 1.83 bits per heavy atom. The Morgan fingerprint density at radius 1 is 1.13 bits per heavy atom. The lowest BCUT2D eigenvalue weighted by Crippen LogP contribution is -2.32. The lowest BCUT2D eigenvalue weighted by atomic mass is 10.1. The maximum Gasteiger partial charge on any atom is 0.308 e. The number of ether oxygens (including phenoxy) is 2. The van der Waals surface area contributed by atoms with Gasteiger partial charge in [0.15, 0.2) is 6.10 Å². The number of benzene rings is 2. The molecule has 0 saturated heterocycles. The summed E-state index contributed by atoms with van der Waals surface area (Å²) in [6.07, 6.45) is -0.823. The van der Waals surface area contributed by atoms with E-state index in [-0.39, 0.29) is 25.3 Å². The number of aryl methyl sites for hydroxylation is 1. The topological polar surface area (TPSA) is 93.7 Å². The molecule has 8 heteroatoms. The minimum absolute atomic E-state index is 0.0402. The second-order valence-electron chi connectivity index (χ2n) is 6.69. The fraction of sp³-hybridized carbons (Fsp3) is 0.318. The summed E-state index contributed by atoms with van der Waals surface area (Å²) in [5.74, 6) is -0.878. The molecule has 2 aromatic carbocycles. The van der Waals surface area contributed by atoms with E-state index in [1.165, 1.54) is 14.0 Å². The van der Waals surface area contributed by atoms with Crippen LogP contribution in [0.2, 0.25) is 5.02 Å². The number of esters is 1. The first-order valence-electron chi connectivity index (χ1n) is 9.45. The number of carbonyl (C=O) groups is 3. The summed E-state index contributed by atoms with van der Waals surface area (Å²) in [6.45, 7) is 3.40. The predicted molar refractivity (Wildman–Crippen MR) is 115 cm³/mol. The number of nitrogens with one attached hydrogen (secondary N) is 2. The van der Waals surface area contributed by atoms with Crippen molar-refractivity contribution in [3.63, 3.8) is 0 Å². The molecule has 2 rings (SSSR count). The molecule has 0 aliphatic heterocycles. The van der Waals surface area contributed by atoms with Crippen molar-refractivity contribution in [1.82, 2.24) is 5.32 Å². The van der Waals surface area contributed by atoms with Gasteiger partial charge < -0.3 is 20.1 Å². The van der Waals surface area contributed by atoms with Gasteiger partial charge >= 0.3 is 5.97 Å². The second kappa shape index (κ2) is 11.2. The van der Waals surface area contributed by atoms with Gasteiger partial charge in [0.2, 0.25) is 5.91 Å². The lowest BCUT2D eigenvalue weighted by molar-refractivity contribution is -0.153. The van der Waals surface area contributed by atoms with E-state index in [0.29, 0.717) is 16.5 Å². The molecule has 2 amide bonds. The summed E-state index contributed by atoms with van der Waals surface area (Å²) in [6, 6.07) is 12.6. The van der Waals surface area contributed by atoms with Crippen LogP contribution in [0, 0.1) is 6.92 Å². The van der Waals surface area contributed by atoms with Crippen molar-refractivity contribution in [2.45, 2.75) is 32.8 Å². The average Bonchev–Trinajstić information content (AvgIpc) is 2.71. The van der Waals surface area contributed by atoms with Crippen molar-refractivity contribution in [3.8, 4) is 5.75 Å². The molecule has 0 fully saturated rings. The summed E-state index contributed by atoms with van der Waals surface area (Å²) in [4.78, 5) is 36.2. The fourth-order valence-corrected chi connectivity index (χ4v) is 2.78. The molecule has 0 aliphatic carbocycles. The minimum atomic E-state index is -1.02. The van der Waals surface area contributed by atoms with Gasteiger partial charge in [0, 0.05) is 17.6 Å². The van der Waals surface area contributed by atoms with Crippen molar-refractivity contribution < 1.29 is 23.9 Å². The molecule has 0 heterocycles. The van der Waals surface area contributed by atoms with Gasteiger partial charge in [0.25, 0.3) is 5.91 Å². The van der Waals surface area contributed by atoms with Crippen molar-refractivity contribution in [2.24, 2.45) is 0 Å². The number of amides is 2. The van der Waals surface area contributed by atoms with Crippen molar-refractivity contribution in [2.75, 3.05) is 19.0 Å². The molecule has 0 aromatic heterocycles. The van der Waals surface area contributed by atoms with Crippen LogP contribution in [-0.4, -0.2) is 37.5 Å². The van der Waals surface area contributed by atoms with Gasteiger partial charge in [-0.05, 0) is 31.0 Å².